The maximum atomic E-state index is 13.2. The summed E-state index contributed by atoms with van der Waals surface area (Å²) in [4.78, 5) is 31.2. The molecule has 1 atom stereocenters. The second-order valence-corrected chi connectivity index (χ2v) is 6.98. The third-order valence-electron chi connectivity index (χ3n) is 4.42. The van der Waals surface area contributed by atoms with Crippen LogP contribution < -0.4 is 11.0 Å². The predicted molar refractivity (Wildman–Crippen MR) is 100 cm³/mol. The quantitative estimate of drug-likeness (QED) is 0.518. The van der Waals surface area contributed by atoms with Crippen LogP contribution >= 0.6 is 11.3 Å². The molecule has 0 saturated heterocycles. The van der Waals surface area contributed by atoms with E-state index in [0.29, 0.717) is 21.8 Å². The van der Waals surface area contributed by atoms with E-state index < -0.39 is 0 Å². The largest absolute Gasteiger partial charge is 0.461 e. The lowest BCUT2D eigenvalue weighted by Crippen LogP contribution is -2.29. The van der Waals surface area contributed by atoms with E-state index in [1.807, 2.05) is 26.0 Å². The lowest BCUT2D eigenvalue weighted by atomic mass is 10.2. The number of hydrogen-bond acceptors (Lipinski definition) is 5. The number of fused-ring (bicyclic) bond motifs is 2. The first-order valence-electron chi connectivity index (χ1n) is 8.13. The van der Waals surface area contributed by atoms with E-state index in [9.17, 15) is 9.59 Å². The first-order valence-corrected chi connectivity index (χ1v) is 8.95. The third-order valence-corrected chi connectivity index (χ3v) is 5.49. The molecule has 0 N–H and O–H groups in total. The van der Waals surface area contributed by atoms with Crippen LogP contribution in [0.2, 0.25) is 0 Å². The molecule has 0 aliphatic heterocycles. The zero-order valence-corrected chi connectivity index (χ0v) is 14.7. The van der Waals surface area contributed by atoms with Gasteiger partial charge in [0.05, 0.1) is 6.26 Å². The molecule has 0 radical (unpaired) electrons. The number of rotatable bonds is 3. The monoisotopic (exact) mass is 352 g/mol. The van der Waals surface area contributed by atoms with E-state index in [2.05, 4.69) is 4.98 Å². The Hall–Kier alpha value is -2.73. The summed E-state index contributed by atoms with van der Waals surface area (Å²) in [5, 5.41) is 0.708. The van der Waals surface area contributed by atoms with Crippen molar-refractivity contribution < 1.29 is 4.42 Å². The minimum atomic E-state index is -0.308. The second-order valence-electron chi connectivity index (χ2n) is 5.95. The Kier molecular flexibility index (Phi) is 3.77. The Morgan fingerprint density at radius 3 is 2.72 bits per heavy atom. The molecule has 0 saturated carbocycles. The molecule has 0 aliphatic carbocycles. The number of nitrogens with zero attached hydrogens (tertiary/aromatic N) is 2. The molecule has 3 heterocycles. The van der Waals surface area contributed by atoms with E-state index in [1.54, 1.807) is 35.1 Å². The summed E-state index contributed by atoms with van der Waals surface area (Å²) < 4.78 is 7.87. The summed E-state index contributed by atoms with van der Waals surface area (Å²) in [5.74, 6) is 0.981. The highest BCUT2D eigenvalue weighted by Gasteiger charge is 2.21. The van der Waals surface area contributed by atoms with Gasteiger partial charge in [0.2, 0.25) is 5.43 Å². The van der Waals surface area contributed by atoms with Crippen LogP contribution in [-0.4, -0.2) is 9.55 Å². The van der Waals surface area contributed by atoms with Gasteiger partial charge in [0, 0.05) is 16.1 Å². The number of benzene rings is 1. The Morgan fingerprint density at radius 1 is 1.20 bits per heavy atom. The Labute approximate surface area is 147 Å². The van der Waals surface area contributed by atoms with Gasteiger partial charge < -0.3 is 4.42 Å². The number of hydrogen-bond donors (Lipinski definition) is 0. The molecule has 0 spiro atoms. The van der Waals surface area contributed by atoms with Crippen molar-refractivity contribution in [2.75, 3.05) is 0 Å². The van der Waals surface area contributed by atoms with Crippen molar-refractivity contribution in [2.45, 2.75) is 26.3 Å². The fraction of sp³-hybridized carbons (Fsp3) is 0.211. The standard InChI is InChI=1S/C19H16N2O3S/c1-3-11(2)21-17(13-8-6-10-24-13)20-18-15(19(21)23)16(22)12-7-4-5-9-14(12)25-18/h4-11H,3H2,1-2H3/t11-/m1/s1. The van der Waals surface area contributed by atoms with Crippen molar-refractivity contribution in [3.05, 3.63) is 63.2 Å². The van der Waals surface area contributed by atoms with Crippen LogP contribution in [0.5, 0.6) is 0 Å². The van der Waals surface area contributed by atoms with Crippen LogP contribution in [0.15, 0.2) is 56.7 Å². The van der Waals surface area contributed by atoms with Gasteiger partial charge in [-0.05, 0) is 37.6 Å². The van der Waals surface area contributed by atoms with Crippen LogP contribution in [0.1, 0.15) is 26.3 Å². The van der Waals surface area contributed by atoms with Crippen molar-refractivity contribution in [1.29, 1.82) is 0 Å². The van der Waals surface area contributed by atoms with Crippen molar-refractivity contribution in [3.8, 4) is 11.6 Å². The molecular weight excluding hydrogens is 336 g/mol. The molecule has 0 bridgehead atoms. The first kappa shape index (κ1) is 15.8. The van der Waals surface area contributed by atoms with Crippen molar-refractivity contribution in [1.82, 2.24) is 9.55 Å². The molecule has 3 aromatic heterocycles. The van der Waals surface area contributed by atoms with Crippen LogP contribution in [-0.2, 0) is 0 Å². The van der Waals surface area contributed by atoms with Gasteiger partial charge in [-0.2, -0.15) is 0 Å². The summed E-state index contributed by atoms with van der Waals surface area (Å²) in [6, 6.07) is 10.7. The third kappa shape index (κ3) is 2.41. The van der Waals surface area contributed by atoms with E-state index in [-0.39, 0.29) is 22.4 Å². The summed E-state index contributed by atoms with van der Waals surface area (Å²) in [6.07, 6.45) is 2.29. The number of aromatic nitrogens is 2. The Balaban J connectivity index is 2.21. The summed E-state index contributed by atoms with van der Waals surface area (Å²) in [7, 11) is 0. The summed E-state index contributed by atoms with van der Waals surface area (Å²) in [5.41, 5.74) is -0.567. The number of furan rings is 1. The molecule has 5 nitrogen and oxygen atoms in total. The summed E-state index contributed by atoms with van der Waals surface area (Å²) >= 11 is 1.35. The van der Waals surface area contributed by atoms with Crippen LogP contribution in [0.3, 0.4) is 0 Å². The Bertz CT molecular complexity index is 1190. The van der Waals surface area contributed by atoms with E-state index in [0.717, 1.165) is 11.1 Å². The molecule has 4 aromatic rings. The molecule has 0 unspecified atom stereocenters. The molecular formula is C19H16N2O3S. The van der Waals surface area contributed by atoms with Gasteiger partial charge in [-0.25, -0.2) is 4.98 Å². The zero-order valence-electron chi connectivity index (χ0n) is 13.9. The smallest absolute Gasteiger partial charge is 0.266 e. The molecule has 0 amide bonds. The van der Waals surface area contributed by atoms with Gasteiger partial charge in [0.1, 0.15) is 10.2 Å². The van der Waals surface area contributed by atoms with E-state index in [4.69, 9.17) is 4.42 Å². The maximum Gasteiger partial charge on any atom is 0.266 e. The van der Waals surface area contributed by atoms with Crippen LogP contribution in [0.25, 0.3) is 31.9 Å². The fourth-order valence-corrected chi connectivity index (χ4v) is 3.98. The Morgan fingerprint density at radius 2 is 2.00 bits per heavy atom. The highest BCUT2D eigenvalue weighted by atomic mass is 32.1. The SMILES string of the molecule is CC[C@@H](C)n1c(-c2ccco2)nc2sc3ccccc3c(=O)c2c1=O. The van der Waals surface area contributed by atoms with E-state index in [1.165, 1.54) is 11.3 Å². The van der Waals surface area contributed by atoms with Gasteiger partial charge in [-0.15, -0.1) is 11.3 Å². The van der Waals surface area contributed by atoms with Crippen LogP contribution in [0.4, 0.5) is 0 Å². The fourth-order valence-electron chi connectivity index (χ4n) is 2.94. The highest BCUT2D eigenvalue weighted by molar-refractivity contribution is 7.24. The van der Waals surface area contributed by atoms with Crippen molar-refractivity contribution in [3.63, 3.8) is 0 Å². The summed E-state index contributed by atoms with van der Waals surface area (Å²) in [6.45, 7) is 3.94. The second kappa shape index (κ2) is 5.97. The molecule has 0 fully saturated rings. The topological polar surface area (TPSA) is 65.1 Å². The average Bonchev–Trinajstić information content (AvgIpc) is 3.15. The molecule has 1 aromatic carbocycles. The van der Waals surface area contributed by atoms with Crippen molar-refractivity contribution in [2.24, 2.45) is 0 Å². The molecule has 4 rings (SSSR count). The van der Waals surface area contributed by atoms with Gasteiger partial charge in [0.15, 0.2) is 11.6 Å². The van der Waals surface area contributed by atoms with Gasteiger partial charge in [0.25, 0.3) is 5.56 Å². The van der Waals surface area contributed by atoms with Crippen molar-refractivity contribution >= 4 is 31.6 Å². The van der Waals surface area contributed by atoms with E-state index >= 15 is 0 Å². The lowest BCUT2D eigenvalue weighted by molar-refractivity contribution is 0.500. The zero-order chi connectivity index (χ0) is 17.6. The van der Waals surface area contributed by atoms with Gasteiger partial charge in [-0.3, -0.25) is 14.2 Å². The van der Waals surface area contributed by atoms with Gasteiger partial charge >= 0.3 is 0 Å². The molecule has 25 heavy (non-hydrogen) atoms. The van der Waals surface area contributed by atoms with Gasteiger partial charge in [-0.1, -0.05) is 19.1 Å². The van der Waals surface area contributed by atoms with Crippen LogP contribution in [0, 0.1) is 0 Å². The minimum absolute atomic E-state index is 0.0969. The first-order chi connectivity index (χ1) is 12.1. The molecule has 126 valence electrons. The lowest BCUT2D eigenvalue weighted by Gasteiger charge is -2.17. The highest BCUT2D eigenvalue weighted by Crippen LogP contribution is 2.26. The average molecular weight is 352 g/mol. The minimum Gasteiger partial charge on any atom is -0.461 e. The molecule has 6 heteroatoms. The predicted octanol–water partition coefficient (Wildman–Crippen LogP) is 4.20. The molecule has 0 aliphatic rings. The normalized spacial score (nSPS) is 12.7. The maximum absolute atomic E-state index is 13.2.